The van der Waals surface area contributed by atoms with Crippen LogP contribution >= 0.6 is 0 Å². The lowest BCUT2D eigenvalue weighted by Crippen LogP contribution is -2.38. The molecule has 1 unspecified atom stereocenters. The summed E-state index contributed by atoms with van der Waals surface area (Å²) >= 11 is 0. The number of methoxy groups -OCH3 is 3. The van der Waals surface area contributed by atoms with Gasteiger partial charge in [0.2, 0.25) is 6.29 Å². The van der Waals surface area contributed by atoms with Gasteiger partial charge in [-0.3, -0.25) is 9.59 Å². The highest BCUT2D eigenvalue weighted by Crippen LogP contribution is 2.30. The van der Waals surface area contributed by atoms with Crippen molar-refractivity contribution in [2.45, 2.75) is 19.1 Å². The van der Waals surface area contributed by atoms with Gasteiger partial charge in [0.15, 0.2) is 11.6 Å². The lowest BCUT2D eigenvalue weighted by Gasteiger charge is -2.25. The van der Waals surface area contributed by atoms with Crippen molar-refractivity contribution in [2.24, 2.45) is 5.92 Å². The molecule has 0 heterocycles. The molecule has 5 nitrogen and oxygen atoms in total. The van der Waals surface area contributed by atoms with E-state index in [0.29, 0.717) is 24.2 Å². The molecular formula is C15H18O5. The van der Waals surface area contributed by atoms with Crippen LogP contribution in [-0.2, 0) is 20.7 Å². The number of carbonyl (C=O) groups excluding carboxylic acids is 2. The van der Waals surface area contributed by atoms with Gasteiger partial charge in [0.05, 0.1) is 13.0 Å². The van der Waals surface area contributed by atoms with E-state index >= 15 is 0 Å². The van der Waals surface area contributed by atoms with Gasteiger partial charge in [0.1, 0.15) is 5.75 Å². The van der Waals surface area contributed by atoms with E-state index in [1.54, 1.807) is 13.2 Å². The summed E-state index contributed by atoms with van der Waals surface area (Å²) in [5.41, 5.74) is 1.51. The largest absolute Gasteiger partial charge is 0.497 e. The summed E-state index contributed by atoms with van der Waals surface area (Å²) < 4.78 is 15.0. The molecule has 0 aromatic heterocycles. The van der Waals surface area contributed by atoms with E-state index in [9.17, 15) is 9.59 Å². The summed E-state index contributed by atoms with van der Waals surface area (Å²) in [4.78, 5) is 24.7. The van der Waals surface area contributed by atoms with Crippen LogP contribution in [0.15, 0.2) is 18.2 Å². The number of carbonyl (C=O) groups is 2. The zero-order chi connectivity index (χ0) is 14.7. The predicted molar refractivity (Wildman–Crippen MR) is 71.9 cm³/mol. The number of ketones is 2. The Morgan fingerprint density at radius 3 is 2.55 bits per heavy atom. The fourth-order valence-electron chi connectivity index (χ4n) is 2.51. The Hall–Kier alpha value is -1.72. The van der Waals surface area contributed by atoms with Gasteiger partial charge in [0.25, 0.3) is 0 Å². The zero-order valence-corrected chi connectivity index (χ0v) is 11.8. The summed E-state index contributed by atoms with van der Waals surface area (Å²) in [5.74, 6) is -0.609. The third kappa shape index (κ3) is 2.59. The molecule has 0 saturated carbocycles. The van der Waals surface area contributed by atoms with Gasteiger partial charge in [-0.2, -0.15) is 0 Å². The van der Waals surface area contributed by atoms with Crippen LogP contribution in [-0.4, -0.2) is 39.2 Å². The number of aryl methyl sites for hydroxylation is 1. The zero-order valence-electron chi connectivity index (χ0n) is 11.8. The molecule has 108 valence electrons. The first kappa shape index (κ1) is 14.7. The molecule has 1 aromatic rings. The van der Waals surface area contributed by atoms with Gasteiger partial charge in [-0.25, -0.2) is 0 Å². The first-order valence-corrected chi connectivity index (χ1v) is 6.42. The Kier molecular flexibility index (Phi) is 4.52. The molecule has 0 radical (unpaired) electrons. The van der Waals surface area contributed by atoms with Gasteiger partial charge in [0, 0.05) is 19.8 Å². The summed E-state index contributed by atoms with van der Waals surface area (Å²) in [5, 5.41) is 0. The van der Waals surface area contributed by atoms with E-state index in [2.05, 4.69) is 0 Å². The van der Waals surface area contributed by atoms with Crippen LogP contribution in [0.2, 0.25) is 0 Å². The molecule has 0 spiro atoms. The fraction of sp³-hybridized carbons (Fsp3) is 0.467. The van der Waals surface area contributed by atoms with E-state index in [0.717, 1.165) is 5.56 Å². The van der Waals surface area contributed by atoms with Crippen LogP contribution in [0, 0.1) is 5.92 Å². The number of hydrogen-bond donors (Lipinski definition) is 0. The number of rotatable bonds is 5. The molecule has 2 rings (SSSR count). The first-order valence-electron chi connectivity index (χ1n) is 6.42. The smallest absolute Gasteiger partial charge is 0.218 e. The molecule has 0 N–H and O–H groups in total. The quantitative estimate of drug-likeness (QED) is 0.605. The average Bonchev–Trinajstić information content (AvgIpc) is 2.48. The lowest BCUT2D eigenvalue weighted by atomic mass is 9.80. The third-order valence-electron chi connectivity index (χ3n) is 3.61. The lowest BCUT2D eigenvalue weighted by molar-refractivity contribution is -0.159. The Morgan fingerprint density at radius 2 is 1.95 bits per heavy atom. The maximum atomic E-state index is 12.5. The van der Waals surface area contributed by atoms with Crippen molar-refractivity contribution < 1.29 is 23.8 Å². The Morgan fingerprint density at radius 1 is 1.25 bits per heavy atom. The van der Waals surface area contributed by atoms with E-state index in [-0.39, 0.29) is 11.6 Å². The van der Waals surface area contributed by atoms with Crippen LogP contribution in [0.4, 0.5) is 0 Å². The summed E-state index contributed by atoms with van der Waals surface area (Å²) in [6, 6.07) is 5.38. The van der Waals surface area contributed by atoms with Gasteiger partial charge >= 0.3 is 0 Å². The molecule has 0 aliphatic heterocycles. The van der Waals surface area contributed by atoms with E-state index in [4.69, 9.17) is 14.2 Å². The molecule has 0 fully saturated rings. The summed E-state index contributed by atoms with van der Waals surface area (Å²) in [6.07, 6.45) is 0.179. The highest BCUT2D eigenvalue weighted by Gasteiger charge is 2.36. The number of Topliss-reactive ketones (excluding diaryl/α,β-unsaturated/α-hetero) is 2. The van der Waals surface area contributed by atoms with E-state index < -0.39 is 12.2 Å². The van der Waals surface area contributed by atoms with Crippen molar-refractivity contribution in [3.05, 3.63) is 29.3 Å². The second kappa shape index (κ2) is 6.15. The highest BCUT2D eigenvalue weighted by molar-refractivity contribution is 6.13. The normalized spacial score (nSPS) is 18.0. The van der Waals surface area contributed by atoms with Crippen molar-refractivity contribution in [1.82, 2.24) is 0 Å². The molecular weight excluding hydrogens is 260 g/mol. The van der Waals surface area contributed by atoms with Gasteiger partial charge < -0.3 is 14.2 Å². The van der Waals surface area contributed by atoms with E-state index in [1.807, 2.05) is 12.1 Å². The highest BCUT2D eigenvalue weighted by atomic mass is 16.7. The Labute approximate surface area is 117 Å². The van der Waals surface area contributed by atoms with Crippen molar-refractivity contribution in [3.8, 4) is 5.75 Å². The fourth-order valence-corrected chi connectivity index (χ4v) is 2.51. The number of hydrogen-bond acceptors (Lipinski definition) is 5. The second-order valence-electron chi connectivity index (χ2n) is 4.68. The summed E-state index contributed by atoms with van der Waals surface area (Å²) in [7, 11) is 4.32. The maximum Gasteiger partial charge on any atom is 0.218 e. The van der Waals surface area contributed by atoms with Crippen LogP contribution in [0.3, 0.4) is 0 Å². The van der Waals surface area contributed by atoms with Crippen molar-refractivity contribution in [1.29, 1.82) is 0 Å². The molecule has 0 amide bonds. The van der Waals surface area contributed by atoms with Crippen LogP contribution in [0.1, 0.15) is 22.3 Å². The van der Waals surface area contributed by atoms with Crippen LogP contribution in [0.5, 0.6) is 5.75 Å². The standard InChI is InChI=1S/C15H18O5/c1-18-10-6-4-9-5-7-11(13(16)12(9)8-10)14(17)15(19-2)20-3/h4,6,8,11,15H,5,7H2,1-3H3. The first-order chi connectivity index (χ1) is 9.62. The third-order valence-corrected chi connectivity index (χ3v) is 3.61. The monoisotopic (exact) mass is 278 g/mol. The Bertz CT molecular complexity index is 519. The predicted octanol–water partition coefficient (Wildman–Crippen LogP) is 1.63. The van der Waals surface area contributed by atoms with Crippen molar-refractivity contribution in [2.75, 3.05) is 21.3 Å². The number of benzene rings is 1. The SMILES string of the molecule is COc1ccc2c(c1)C(=O)C(C(=O)C(OC)OC)CC2. The molecule has 1 aromatic carbocycles. The van der Waals surface area contributed by atoms with E-state index in [1.165, 1.54) is 14.2 Å². The molecule has 0 saturated heterocycles. The van der Waals surface area contributed by atoms with Gasteiger partial charge in [-0.1, -0.05) is 6.07 Å². The van der Waals surface area contributed by atoms with Gasteiger partial charge in [-0.15, -0.1) is 0 Å². The molecule has 20 heavy (non-hydrogen) atoms. The number of ether oxygens (including phenoxy) is 3. The summed E-state index contributed by atoms with van der Waals surface area (Å²) in [6.45, 7) is 0. The molecule has 5 heteroatoms. The topological polar surface area (TPSA) is 61.8 Å². The van der Waals surface area contributed by atoms with Crippen LogP contribution in [0.25, 0.3) is 0 Å². The Balaban J connectivity index is 2.28. The minimum atomic E-state index is -0.990. The minimum absolute atomic E-state index is 0.186. The second-order valence-corrected chi connectivity index (χ2v) is 4.68. The average molecular weight is 278 g/mol. The van der Waals surface area contributed by atoms with Crippen molar-refractivity contribution >= 4 is 11.6 Å². The molecule has 1 atom stereocenters. The minimum Gasteiger partial charge on any atom is -0.497 e. The number of fused-ring (bicyclic) bond motifs is 1. The molecule has 1 aliphatic rings. The maximum absolute atomic E-state index is 12.5. The molecule has 0 bridgehead atoms. The van der Waals surface area contributed by atoms with Gasteiger partial charge in [-0.05, 0) is 30.5 Å². The van der Waals surface area contributed by atoms with Crippen LogP contribution < -0.4 is 4.74 Å². The molecule has 1 aliphatic carbocycles. The van der Waals surface area contributed by atoms with Crippen molar-refractivity contribution in [3.63, 3.8) is 0 Å².